The lowest BCUT2D eigenvalue weighted by Crippen LogP contribution is -2.05. The Kier molecular flexibility index (Phi) is 2.55. The molecule has 0 radical (unpaired) electrons. The number of nitrogens with zero attached hydrogens (tertiary/aromatic N) is 3. The molecule has 0 bridgehead atoms. The van der Waals surface area contributed by atoms with E-state index in [9.17, 15) is 4.79 Å². The first-order valence-electron chi connectivity index (χ1n) is 4.40. The highest BCUT2D eigenvalue weighted by atomic mass is 35.5. The normalized spacial score (nSPS) is 10.5. The van der Waals surface area contributed by atoms with Crippen LogP contribution in [0.15, 0.2) is 18.5 Å². The minimum atomic E-state index is -0.394. The minimum absolute atomic E-state index is 0.331. The summed E-state index contributed by atoms with van der Waals surface area (Å²) in [7, 11) is 0. The number of carbonyl (C=O) groups excluding carboxylic acids is 1. The zero-order valence-corrected chi connectivity index (χ0v) is 8.73. The Balaban J connectivity index is 2.56. The van der Waals surface area contributed by atoms with Gasteiger partial charge in [-0.2, -0.15) is 9.30 Å². The molecule has 0 saturated heterocycles. The molecule has 2 aromatic rings. The van der Waals surface area contributed by atoms with Crippen LogP contribution in [0.4, 0.5) is 0 Å². The van der Waals surface area contributed by atoms with Crippen molar-refractivity contribution in [1.29, 1.82) is 0 Å². The maximum Gasteiger partial charge on any atom is 0.338 e. The van der Waals surface area contributed by atoms with Gasteiger partial charge in [0, 0.05) is 18.0 Å². The van der Waals surface area contributed by atoms with E-state index >= 15 is 0 Å². The van der Waals surface area contributed by atoms with Gasteiger partial charge in [-0.05, 0) is 13.0 Å². The molecule has 0 saturated carbocycles. The molecule has 0 fully saturated rings. The van der Waals surface area contributed by atoms with E-state index in [1.54, 1.807) is 13.0 Å². The van der Waals surface area contributed by atoms with Gasteiger partial charge in [-0.1, -0.05) is 0 Å². The summed E-state index contributed by atoms with van der Waals surface area (Å²) in [5.74, 6) is -0.394. The lowest BCUT2D eigenvalue weighted by Gasteiger charge is -2.01. The maximum absolute atomic E-state index is 11.5. The molecule has 0 aliphatic rings. The summed E-state index contributed by atoms with van der Waals surface area (Å²) in [4.78, 5) is 15.5. The van der Waals surface area contributed by atoms with E-state index in [-0.39, 0.29) is 0 Å². The predicted molar refractivity (Wildman–Crippen MR) is 54.7 cm³/mol. The van der Waals surface area contributed by atoms with Crippen molar-refractivity contribution in [2.75, 3.05) is 6.61 Å². The molecule has 0 atom stereocenters. The van der Waals surface area contributed by atoms with E-state index < -0.39 is 5.97 Å². The van der Waals surface area contributed by atoms with Gasteiger partial charge in [0.1, 0.15) is 0 Å². The lowest BCUT2D eigenvalue weighted by molar-refractivity contribution is 0.0528. The van der Waals surface area contributed by atoms with Crippen LogP contribution in [0.1, 0.15) is 17.3 Å². The van der Waals surface area contributed by atoms with Crippen LogP contribution >= 0.6 is 11.8 Å². The monoisotopic (exact) mass is 225 g/mol. The number of aromatic nitrogens is 3. The second-order valence-corrected chi connectivity index (χ2v) is 3.14. The van der Waals surface area contributed by atoms with E-state index in [0.717, 1.165) is 4.20 Å². The van der Waals surface area contributed by atoms with Crippen molar-refractivity contribution in [3.63, 3.8) is 0 Å². The average molecular weight is 226 g/mol. The largest absolute Gasteiger partial charge is 0.462 e. The number of ether oxygens (including phenoxy) is 1. The van der Waals surface area contributed by atoms with Gasteiger partial charge in [-0.15, -0.1) is 0 Å². The van der Waals surface area contributed by atoms with Crippen LogP contribution in [-0.2, 0) is 4.74 Å². The molecule has 78 valence electrons. The Hall–Kier alpha value is -1.62. The summed E-state index contributed by atoms with van der Waals surface area (Å²) in [6.45, 7) is 2.08. The lowest BCUT2D eigenvalue weighted by atomic mass is 10.2. The van der Waals surface area contributed by atoms with Gasteiger partial charge in [-0.3, -0.25) is 0 Å². The average Bonchev–Trinajstić information content (AvgIpc) is 2.61. The Morgan fingerprint density at radius 1 is 1.67 bits per heavy atom. The molecular weight excluding hydrogens is 218 g/mol. The molecule has 2 heterocycles. The molecule has 0 amide bonds. The van der Waals surface area contributed by atoms with Crippen molar-refractivity contribution in [2.24, 2.45) is 0 Å². The van der Waals surface area contributed by atoms with Crippen LogP contribution < -0.4 is 0 Å². The summed E-state index contributed by atoms with van der Waals surface area (Å²) in [6, 6.07) is 1.58. The zero-order valence-electron chi connectivity index (χ0n) is 7.98. The van der Waals surface area contributed by atoms with Crippen LogP contribution in [-0.4, -0.2) is 26.9 Å². The molecule has 0 aliphatic heterocycles. The molecule has 2 rings (SSSR count). The third-order valence-corrected chi connectivity index (χ3v) is 2.17. The first-order valence-corrected chi connectivity index (χ1v) is 4.74. The summed E-state index contributed by atoms with van der Waals surface area (Å²) >= 11 is 5.72. The van der Waals surface area contributed by atoms with Gasteiger partial charge in [0.05, 0.1) is 23.8 Å². The fourth-order valence-electron chi connectivity index (χ4n) is 1.29. The highest BCUT2D eigenvalue weighted by Crippen LogP contribution is 2.17. The topological polar surface area (TPSA) is 57.0 Å². The van der Waals surface area contributed by atoms with Gasteiger partial charge < -0.3 is 4.74 Å². The highest BCUT2D eigenvalue weighted by molar-refractivity contribution is 6.18. The van der Waals surface area contributed by atoms with Gasteiger partial charge in [0.25, 0.3) is 0 Å². The molecule has 0 N–H and O–H groups in total. The third-order valence-electron chi connectivity index (χ3n) is 1.93. The Morgan fingerprint density at radius 3 is 3.20 bits per heavy atom. The Bertz CT molecular complexity index is 509. The highest BCUT2D eigenvalue weighted by Gasteiger charge is 2.14. The van der Waals surface area contributed by atoms with Gasteiger partial charge in [0.15, 0.2) is 5.65 Å². The number of fused-ring (bicyclic) bond motifs is 1. The molecule has 2 aromatic heterocycles. The standard InChI is InChI=1S/C9H8ClN3O2/c1-2-15-9(14)6-3-4-11-8-7(6)5-12-13(8)10/h3-5H,2H2,1H3. The summed E-state index contributed by atoms with van der Waals surface area (Å²) in [6.07, 6.45) is 2.98. The van der Waals surface area contributed by atoms with Gasteiger partial charge in [-0.25, -0.2) is 9.78 Å². The number of rotatable bonds is 2. The van der Waals surface area contributed by atoms with Gasteiger partial charge >= 0.3 is 5.97 Å². The molecule has 15 heavy (non-hydrogen) atoms. The molecule has 6 heteroatoms. The zero-order chi connectivity index (χ0) is 10.8. The minimum Gasteiger partial charge on any atom is -0.462 e. The second-order valence-electron chi connectivity index (χ2n) is 2.82. The summed E-state index contributed by atoms with van der Waals surface area (Å²) < 4.78 is 5.99. The number of carbonyl (C=O) groups is 1. The van der Waals surface area contributed by atoms with Crippen LogP contribution in [0, 0.1) is 0 Å². The fourth-order valence-corrected chi connectivity index (χ4v) is 1.46. The first kappa shape index (κ1) is 9.92. The number of esters is 1. The van der Waals surface area contributed by atoms with Crippen molar-refractivity contribution in [3.05, 3.63) is 24.0 Å². The van der Waals surface area contributed by atoms with Crippen molar-refractivity contribution in [3.8, 4) is 0 Å². The maximum atomic E-state index is 11.5. The Labute approximate surface area is 90.7 Å². The van der Waals surface area contributed by atoms with Crippen molar-refractivity contribution >= 4 is 28.8 Å². The number of pyridine rings is 1. The molecular formula is C9H8ClN3O2. The van der Waals surface area contributed by atoms with Crippen molar-refractivity contribution < 1.29 is 9.53 Å². The molecule has 0 spiro atoms. The van der Waals surface area contributed by atoms with E-state index in [2.05, 4.69) is 10.1 Å². The van der Waals surface area contributed by atoms with Crippen LogP contribution in [0.2, 0.25) is 0 Å². The second kappa shape index (κ2) is 3.86. The SMILES string of the molecule is CCOC(=O)c1ccnc2c1cnn2Cl. The molecule has 0 unspecified atom stereocenters. The molecule has 0 aliphatic carbocycles. The van der Waals surface area contributed by atoms with Crippen LogP contribution in [0.5, 0.6) is 0 Å². The van der Waals surface area contributed by atoms with E-state index in [1.165, 1.54) is 12.4 Å². The smallest absolute Gasteiger partial charge is 0.338 e. The number of hydrogen-bond donors (Lipinski definition) is 0. The fraction of sp³-hybridized carbons (Fsp3) is 0.222. The van der Waals surface area contributed by atoms with Gasteiger partial charge in [0.2, 0.25) is 0 Å². The molecule has 5 nitrogen and oxygen atoms in total. The third kappa shape index (κ3) is 1.66. The predicted octanol–water partition coefficient (Wildman–Crippen LogP) is 1.61. The Morgan fingerprint density at radius 2 is 2.47 bits per heavy atom. The van der Waals surface area contributed by atoms with Crippen molar-refractivity contribution in [1.82, 2.24) is 14.3 Å². The number of halogens is 1. The van der Waals surface area contributed by atoms with E-state index in [4.69, 9.17) is 16.5 Å². The first-order chi connectivity index (χ1) is 7.24. The van der Waals surface area contributed by atoms with E-state index in [1.807, 2.05) is 0 Å². The van der Waals surface area contributed by atoms with Crippen molar-refractivity contribution in [2.45, 2.75) is 6.92 Å². The quantitative estimate of drug-likeness (QED) is 0.729. The summed E-state index contributed by atoms with van der Waals surface area (Å²) in [5.41, 5.74) is 0.871. The summed E-state index contributed by atoms with van der Waals surface area (Å²) in [5, 5.41) is 4.40. The van der Waals surface area contributed by atoms with E-state index in [0.29, 0.717) is 23.2 Å². The van der Waals surface area contributed by atoms with Crippen LogP contribution in [0.25, 0.3) is 11.0 Å². The number of hydrogen-bond acceptors (Lipinski definition) is 4. The van der Waals surface area contributed by atoms with Crippen LogP contribution in [0.3, 0.4) is 0 Å². The molecule has 0 aromatic carbocycles.